The largest absolute Gasteiger partial charge is 0.445 e. The van der Waals surface area contributed by atoms with Gasteiger partial charge in [0.1, 0.15) is 0 Å². The molecule has 0 radical (unpaired) electrons. The molecule has 0 aliphatic carbocycles. The van der Waals surface area contributed by atoms with Crippen LogP contribution >= 0.6 is 0 Å². The summed E-state index contributed by atoms with van der Waals surface area (Å²) in [6, 6.07) is 1.93. The lowest BCUT2D eigenvalue weighted by Gasteiger charge is -2.13. The van der Waals surface area contributed by atoms with Crippen molar-refractivity contribution < 1.29 is 9.15 Å². The molecule has 1 aliphatic heterocycles. The van der Waals surface area contributed by atoms with E-state index >= 15 is 0 Å². The molecule has 0 bridgehead atoms. The van der Waals surface area contributed by atoms with Crippen LogP contribution in [0, 0.1) is 0 Å². The molecule has 2 aromatic heterocycles. The molecule has 0 atom stereocenters. The van der Waals surface area contributed by atoms with Crippen LogP contribution < -0.4 is 5.73 Å². The highest BCUT2D eigenvalue weighted by molar-refractivity contribution is 5.76. The summed E-state index contributed by atoms with van der Waals surface area (Å²) in [6.07, 6.45) is 1.66. The lowest BCUT2D eigenvalue weighted by atomic mass is 10.3. The lowest BCUT2D eigenvalue weighted by molar-refractivity contribution is 0.0810. The summed E-state index contributed by atoms with van der Waals surface area (Å²) >= 11 is 0. The Morgan fingerprint density at radius 1 is 1.50 bits per heavy atom. The molecule has 14 heavy (non-hydrogen) atoms. The van der Waals surface area contributed by atoms with Crippen LogP contribution in [-0.4, -0.2) is 23.4 Å². The van der Waals surface area contributed by atoms with Crippen molar-refractivity contribution in [3.05, 3.63) is 18.0 Å². The van der Waals surface area contributed by atoms with Crippen molar-refractivity contribution in [2.24, 2.45) is 5.73 Å². The van der Waals surface area contributed by atoms with Crippen molar-refractivity contribution in [2.45, 2.75) is 13.2 Å². The van der Waals surface area contributed by atoms with Gasteiger partial charge in [-0.15, -0.1) is 5.10 Å². The zero-order chi connectivity index (χ0) is 9.97. The molecule has 76 valence electrons. The zero-order valence-electron chi connectivity index (χ0n) is 8.06. The molecular formula is C9H13N3O2. The molecule has 0 spiro atoms. The minimum absolute atomic E-state index is 0.649. The summed E-state index contributed by atoms with van der Waals surface area (Å²) in [5, 5.41) is 5.36. The number of nitrogens with zero attached hydrogens (tertiary/aromatic N) is 2. The minimum Gasteiger partial charge on any atom is -0.445 e. The van der Waals surface area contributed by atoms with Crippen molar-refractivity contribution in [3.63, 3.8) is 0 Å². The van der Waals surface area contributed by atoms with Crippen LogP contribution in [0.5, 0.6) is 0 Å². The molecule has 0 saturated heterocycles. The Morgan fingerprint density at radius 3 is 3.21 bits per heavy atom. The maximum Gasteiger partial charge on any atom is 0.245 e. The molecule has 0 amide bonds. The van der Waals surface area contributed by atoms with Crippen molar-refractivity contribution in [2.75, 3.05) is 13.7 Å². The van der Waals surface area contributed by atoms with Crippen LogP contribution in [-0.2, 0) is 17.9 Å². The number of hydrogen-bond acceptors (Lipinski definition) is 4. The molecule has 2 aromatic rings. The quantitative estimate of drug-likeness (QED) is 0.673. The molecule has 3 rings (SSSR count). The van der Waals surface area contributed by atoms with Gasteiger partial charge in [0.05, 0.1) is 37.1 Å². The smallest absolute Gasteiger partial charge is 0.245 e. The fourth-order valence-electron chi connectivity index (χ4n) is 1.56. The van der Waals surface area contributed by atoms with Gasteiger partial charge >= 0.3 is 0 Å². The summed E-state index contributed by atoms with van der Waals surface area (Å²) in [7, 11) is 1.50. The first kappa shape index (κ1) is 9.23. The Labute approximate surface area is 81.4 Å². The first-order chi connectivity index (χ1) is 6.95. The summed E-state index contributed by atoms with van der Waals surface area (Å²) in [5.41, 5.74) is 6.35. The van der Waals surface area contributed by atoms with E-state index in [1.807, 2.05) is 10.7 Å². The van der Waals surface area contributed by atoms with Gasteiger partial charge in [-0.05, 0) is 13.1 Å². The molecule has 1 aliphatic rings. The van der Waals surface area contributed by atoms with Crippen LogP contribution in [0.25, 0.3) is 11.1 Å². The minimum atomic E-state index is 0.649. The second-order valence-corrected chi connectivity index (χ2v) is 2.86. The van der Waals surface area contributed by atoms with E-state index in [0.29, 0.717) is 6.61 Å². The predicted octanol–water partition coefficient (Wildman–Crippen LogP) is 0.734. The summed E-state index contributed by atoms with van der Waals surface area (Å²) in [4.78, 5) is 0. The Bertz CT molecular complexity index is 419. The van der Waals surface area contributed by atoms with Gasteiger partial charge < -0.3 is 14.9 Å². The van der Waals surface area contributed by atoms with Crippen LogP contribution in [0.15, 0.2) is 16.7 Å². The van der Waals surface area contributed by atoms with E-state index in [0.717, 1.165) is 29.9 Å². The normalized spacial score (nSPS) is 14.7. The number of hydrogen-bond donors (Lipinski definition) is 1. The molecule has 0 unspecified atom stereocenters. The lowest BCUT2D eigenvalue weighted by Crippen LogP contribution is -2.17. The number of ether oxygens (including phenoxy) is 1. The Kier molecular flexibility index (Phi) is 2.51. The molecule has 0 aromatic carbocycles. The molecule has 5 nitrogen and oxygen atoms in total. The molecular weight excluding hydrogens is 182 g/mol. The molecule has 3 heterocycles. The van der Waals surface area contributed by atoms with E-state index < -0.39 is 0 Å². The van der Waals surface area contributed by atoms with Crippen molar-refractivity contribution >= 4 is 11.1 Å². The van der Waals surface area contributed by atoms with Gasteiger partial charge in [0.25, 0.3) is 0 Å². The average Bonchev–Trinajstić information content (AvgIpc) is 2.80. The summed E-state index contributed by atoms with van der Waals surface area (Å²) in [5.74, 6) is 0. The first-order valence-electron chi connectivity index (χ1n) is 4.53. The highest BCUT2D eigenvalue weighted by atomic mass is 16.5. The third-order valence-corrected chi connectivity index (χ3v) is 2.17. The molecule has 5 heteroatoms. The van der Waals surface area contributed by atoms with Gasteiger partial charge in [-0.1, -0.05) is 0 Å². The topological polar surface area (TPSA) is 66.2 Å². The highest BCUT2D eigenvalue weighted by Crippen LogP contribution is 2.21. The van der Waals surface area contributed by atoms with E-state index in [-0.39, 0.29) is 0 Å². The number of furan rings is 1. The van der Waals surface area contributed by atoms with Crippen LogP contribution in [0.3, 0.4) is 0 Å². The van der Waals surface area contributed by atoms with Crippen LogP contribution in [0.1, 0.15) is 5.69 Å². The van der Waals surface area contributed by atoms with Crippen molar-refractivity contribution in [3.8, 4) is 0 Å². The summed E-state index contributed by atoms with van der Waals surface area (Å²) in [6.45, 7) is 2.23. The van der Waals surface area contributed by atoms with Gasteiger partial charge in [-0.25, -0.2) is 0 Å². The standard InChI is InChI=1S/C8H8N2O2.CH5N/c1-3-12-8-6(1)7-5-11-4-2-10(7)9-8;1-2/h1,3H,2,4-5H2;2H2,1H3. The third kappa shape index (κ3) is 1.30. The molecule has 0 saturated carbocycles. The predicted molar refractivity (Wildman–Crippen MR) is 51.8 cm³/mol. The van der Waals surface area contributed by atoms with Gasteiger partial charge in [0, 0.05) is 0 Å². The Hall–Kier alpha value is -1.33. The van der Waals surface area contributed by atoms with E-state index in [4.69, 9.17) is 9.15 Å². The second kappa shape index (κ2) is 3.81. The fraction of sp³-hybridized carbons (Fsp3) is 0.444. The monoisotopic (exact) mass is 195 g/mol. The fourth-order valence-corrected chi connectivity index (χ4v) is 1.56. The van der Waals surface area contributed by atoms with Gasteiger partial charge in [-0.2, -0.15) is 0 Å². The SMILES string of the molecule is CN.c1cc2c3n(nc2o1)CCOC3. The van der Waals surface area contributed by atoms with E-state index in [2.05, 4.69) is 10.8 Å². The summed E-state index contributed by atoms with van der Waals surface area (Å²) < 4.78 is 12.5. The Balaban J connectivity index is 0.000000354. The van der Waals surface area contributed by atoms with E-state index in [1.165, 1.54) is 7.05 Å². The van der Waals surface area contributed by atoms with Gasteiger partial charge in [0.15, 0.2) is 0 Å². The first-order valence-corrected chi connectivity index (χ1v) is 4.53. The number of aromatic nitrogens is 2. The van der Waals surface area contributed by atoms with Crippen LogP contribution in [0.4, 0.5) is 0 Å². The molecule has 0 fully saturated rings. The van der Waals surface area contributed by atoms with Gasteiger partial charge in [-0.3, -0.25) is 4.68 Å². The van der Waals surface area contributed by atoms with Crippen LogP contribution in [0.2, 0.25) is 0 Å². The Morgan fingerprint density at radius 2 is 2.36 bits per heavy atom. The van der Waals surface area contributed by atoms with Crippen molar-refractivity contribution in [1.29, 1.82) is 0 Å². The van der Waals surface area contributed by atoms with E-state index in [1.54, 1.807) is 6.26 Å². The van der Waals surface area contributed by atoms with Gasteiger partial charge in [0.2, 0.25) is 5.71 Å². The highest BCUT2D eigenvalue weighted by Gasteiger charge is 2.16. The molecule has 2 N–H and O–H groups in total. The number of nitrogens with two attached hydrogens (primary N) is 1. The second-order valence-electron chi connectivity index (χ2n) is 2.86. The number of rotatable bonds is 0. The zero-order valence-corrected chi connectivity index (χ0v) is 8.06. The van der Waals surface area contributed by atoms with E-state index in [9.17, 15) is 0 Å². The number of fused-ring (bicyclic) bond motifs is 3. The maximum atomic E-state index is 5.33. The third-order valence-electron chi connectivity index (χ3n) is 2.17. The van der Waals surface area contributed by atoms with Crippen molar-refractivity contribution in [1.82, 2.24) is 9.78 Å². The average molecular weight is 195 g/mol. The maximum absolute atomic E-state index is 5.33.